The van der Waals surface area contributed by atoms with Crippen molar-refractivity contribution < 1.29 is 4.52 Å². The summed E-state index contributed by atoms with van der Waals surface area (Å²) < 4.78 is 6.49. The Bertz CT molecular complexity index is 724. The van der Waals surface area contributed by atoms with Crippen molar-refractivity contribution in [1.29, 1.82) is 0 Å². The minimum absolute atomic E-state index is 0.139. The lowest BCUT2D eigenvalue weighted by Crippen LogP contribution is -1.99. The molecular formula is C17H15BrN2O. The molecule has 106 valence electrons. The molecule has 0 radical (unpaired) electrons. The zero-order chi connectivity index (χ0) is 14.7. The van der Waals surface area contributed by atoms with Gasteiger partial charge in [-0.15, -0.1) is 0 Å². The molecule has 0 aliphatic carbocycles. The van der Waals surface area contributed by atoms with Crippen LogP contribution in [0.2, 0.25) is 0 Å². The first-order valence-corrected chi connectivity index (χ1v) is 7.71. The van der Waals surface area contributed by atoms with E-state index in [1.54, 1.807) is 0 Å². The fourth-order valence-corrected chi connectivity index (χ4v) is 2.76. The molecule has 3 rings (SSSR count). The Hall–Kier alpha value is -1.94. The van der Waals surface area contributed by atoms with Gasteiger partial charge in [0, 0.05) is 10.0 Å². The zero-order valence-electron chi connectivity index (χ0n) is 11.7. The third kappa shape index (κ3) is 3.05. The van der Waals surface area contributed by atoms with Gasteiger partial charge in [-0.1, -0.05) is 70.5 Å². The molecule has 3 nitrogen and oxygen atoms in total. The van der Waals surface area contributed by atoms with Crippen LogP contribution in [-0.2, 0) is 0 Å². The Balaban J connectivity index is 1.94. The van der Waals surface area contributed by atoms with E-state index >= 15 is 0 Å². The van der Waals surface area contributed by atoms with Crippen LogP contribution in [0.15, 0.2) is 63.6 Å². The predicted octanol–water partition coefficient (Wildman–Crippen LogP) is 5.04. The lowest BCUT2D eigenvalue weighted by molar-refractivity contribution is 0.363. The van der Waals surface area contributed by atoms with E-state index in [1.807, 2.05) is 42.5 Å². The molecule has 0 aliphatic rings. The summed E-state index contributed by atoms with van der Waals surface area (Å²) in [6, 6.07) is 18.2. The molecule has 2 aromatic carbocycles. The maximum Gasteiger partial charge on any atom is 0.234 e. The van der Waals surface area contributed by atoms with Crippen LogP contribution in [0.1, 0.15) is 30.7 Å². The van der Waals surface area contributed by atoms with Crippen LogP contribution in [0.25, 0.3) is 11.4 Å². The van der Waals surface area contributed by atoms with Gasteiger partial charge in [-0.25, -0.2) is 0 Å². The van der Waals surface area contributed by atoms with Crippen LogP contribution in [-0.4, -0.2) is 10.1 Å². The molecule has 0 aliphatic heterocycles. The van der Waals surface area contributed by atoms with E-state index in [0.29, 0.717) is 11.7 Å². The Kier molecular flexibility index (Phi) is 4.15. The molecule has 3 aromatic rings. The van der Waals surface area contributed by atoms with Crippen molar-refractivity contribution in [2.45, 2.75) is 19.3 Å². The molecular weight excluding hydrogens is 328 g/mol. The highest BCUT2D eigenvalue weighted by atomic mass is 79.9. The lowest BCUT2D eigenvalue weighted by Gasteiger charge is -2.09. The van der Waals surface area contributed by atoms with Gasteiger partial charge in [-0.05, 0) is 24.1 Å². The van der Waals surface area contributed by atoms with Crippen molar-refractivity contribution in [1.82, 2.24) is 10.1 Å². The minimum Gasteiger partial charge on any atom is -0.338 e. The van der Waals surface area contributed by atoms with E-state index in [1.165, 1.54) is 5.56 Å². The normalized spacial score (nSPS) is 12.3. The summed E-state index contributed by atoms with van der Waals surface area (Å²) in [5.74, 6) is 1.43. The average Bonchev–Trinajstić information content (AvgIpc) is 2.99. The summed E-state index contributed by atoms with van der Waals surface area (Å²) in [5, 5.41) is 4.11. The highest BCUT2D eigenvalue weighted by Gasteiger charge is 2.19. The Morgan fingerprint density at radius 2 is 1.90 bits per heavy atom. The van der Waals surface area contributed by atoms with E-state index in [4.69, 9.17) is 4.52 Å². The van der Waals surface area contributed by atoms with Crippen LogP contribution >= 0.6 is 15.9 Å². The minimum atomic E-state index is 0.139. The Labute approximate surface area is 132 Å². The van der Waals surface area contributed by atoms with E-state index in [0.717, 1.165) is 16.5 Å². The molecule has 0 bridgehead atoms. The van der Waals surface area contributed by atoms with Gasteiger partial charge in [-0.2, -0.15) is 4.98 Å². The van der Waals surface area contributed by atoms with Crippen LogP contribution in [0.3, 0.4) is 0 Å². The van der Waals surface area contributed by atoms with Gasteiger partial charge in [-0.3, -0.25) is 0 Å². The van der Waals surface area contributed by atoms with Crippen molar-refractivity contribution in [2.24, 2.45) is 0 Å². The largest absolute Gasteiger partial charge is 0.338 e. The van der Waals surface area contributed by atoms with E-state index in [2.05, 4.69) is 45.1 Å². The van der Waals surface area contributed by atoms with Gasteiger partial charge < -0.3 is 4.52 Å². The van der Waals surface area contributed by atoms with E-state index in [9.17, 15) is 0 Å². The van der Waals surface area contributed by atoms with Gasteiger partial charge in [0.15, 0.2) is 0 Å². The first-order chi connectivity index (χ1) is 10.3. The number of hydrogen-bond acceptors (Lipinski definition) is 3. The molecule has 0 N–H and O–H groups in total. The summed E-state index contributed by atoms with van der Waals surface area (Å²) in [6.45, 7) is 2.13. The summed E-state index contributed by atoms with van der Waals surface area (Å²) in [4.78, 5) is 4.57. The summed E-state index contributed by atoms with van der Waals surface area (Å²) >= 11 is 3.46. The molecule has 1 heterocycles. The van der Waals surface area contributed by atoms with Crippen molar-refractivity contribution in [3.63, 3.8) is 0 Å². The van der Waals surface area contributed by atoms with Crippen LogP contribution in [0, 0.1) is 0 Å². The predicted molar refractivity (Wildman–Crippen MR) is 86.0 cm³/mol. The first kappa shape index (κ1) is 14.0. The van der Waals surface area contributed by atoms with E-state index in [-0.39, 0.29) is 5.92 Å². The molecule has 0 saturated heterocycles. The maximum atomic E-state index is 5.49. The Morgan fingerprint density at radius 3 is 2.62 bits per heavy atom. The highest BCUT2D eigenvalue weighted by molar-refractivity contribution is 9.10. The molecule has 21 heavy (non-hydrogen) atoms. The molecule has 4 heteroatoms. The number of hydrogen-bond donors (Lipinski definition) is 0. The van der Waals surface area contributed by atoms with Crippen LogP contribution < -0.4 is 0 Å². The number of aromatic nitrogens is 2. The number of halogens is 1. The van der Waals surface area contributed by atoms with Gasteiger partial charge in [0.05, 0.1) is 5.92 Å². The second-order valence-electron chi connectivity index (χ2n) is 4.84. The quantitative estimate of drug-likeness (QED) is 0.666. The second kappa shape index (κ2) is 6.22. The standard InChI is InChI=1S/C17H15BrN2O/c1-2-15(12-7-4-3-5-8-12)17-19-16(20-21-17)13-9-6-10-14(18)11-13/h3-11,15H,2H2,1H3/t15-/m1/s1. The summed E-state index contributed by atoms with van der Waals surface area (Å²) in [6.07, 6.45) is 0.921. The fourth-order valence-electron chi connectivity index (χ4n) is 2.36. The summed E-state index contributed by atoms with van der Waals surface area (Å²) in [7, 11) is 0. The molecule has 0 spiro atoms. The van der Waals surface area contributed by atoms with Crippen LogP contribution in [0.5, 0.6) is 0 Å². The third-order valence-electron chi connectivity index (χ3n) is 3.43. The SMILES string of the molecule is CC[C@H](c1ccccc1)c1nc(-c2cccc(Br)c2)no1. The number of nitrogens with zero attached hydrogens (tertiary/aromatic N) is 2. The first-order valence-electron chi connectivity index (χ1n) is 6.92. The smallest absolute Gasteiger partial charge is 0.234 e. The van der Waals surface area contributed by atoms with Crippen molar-refractivity contribution in [2.75, 3.05) is 0 Å². The second-order valence-corrected chi connectivity index (χ2v) is 5.75. The van der Waals surface area contributed by atoms with Gasteiger partial charge in [0.2, 0.25) is 11.7 Å². The van der Waals surface area contributed by atoms with Gasteiger partial charge in [0.1, 0.15) is 0 Å². The average molecular weight is 343 g/mol. The van der Waals surface area contributed by atoms with Crippen molar-refractivity contribution in [3.8, 4) is 11.4 Å². The summed E-state index contributed by atoms with van der Waals surface area (Å²) in [5.41, 5.74) is 2.15. The molecule has 0 saturated carbocycles. The van der Waals surface area contributed by atoms with Crippen molar-refractivity contribution in [3.05, 3.63) is 70.5 Å². The van der Waals surface area contributed by atoms with Crippen LogP contribution in [0.4, 0.5) is 0 Å². The molecule has 0 unspecified atom stereocenters. The zero-order valence-corrected chi connectivity index (χ0v) is 13.2. The number of benzene rings is 2. The van der Waals surface area contributed by atoms with Gasteiger partial charge >= 0.3 is 0 Å². The lowest BCUT2D eigenvalue weighted by atomic mass is 9.96. The monoisotopic (exact) mass is 342 g/mol. The maximum absolute atomic E-state index is 5.49. The highest BCUT2D eigenvalue weighted by Crippen LogP contribution is 2.28. The Morgan fingerprint density at radius 1 is 1.10 bits per heavy atom. The molecule has 0 amide bonds. The number of rotatable bonds is 4. The third-order valence-corrected chi connectivity index (χ3v) is 3.93. The molecule has 1 aromatic heterocycles. The van der Waals surface area contributed by atoms with Crippen molar-refractivity contribution >= 4 is 15.9 Å². The molecule has 1 atom stereocenters. The fraction of sp³-hybridized carbons (Fsp3) is 0.176. The molecule has 0 fully saturated rings. The topological polar surface area (TPSA) is 38.9 Å². The van der Waals surface area contributed by atoms with Gasteiger partial charge in [0.25, 0.3) is 0 Å². The van der Waals surface area contributed by atoms with E-state index < -0.39 is 0 Å².